The van der Waals surface area contributed by atoms with Crippen LogP contribution in [0.5, 0.6) is 0 Å². The van der Waals surface area contributed by atoms with Crippen molar-refractivity contribution < 1.29 is 4.79 Å². The Bertz CT molecular complexity index is 1120. The van der Waals surface area contributed by atoms with Crippen LogP contribution in [0.15, 0.2) is 71.9 Å². The molecule has 0 aliphatic carbocycles. The summed E-state index contributed by atoms with van der Waals surface area (Å²) in [4.78, 5) is 16.9. The third-order valence-corrected chi connectivity index (χ3v) is 6.08. The highest BCUT2D eigenvalue weighted by molar-refractivity contribution is 7.99. The van der Waals surface area contributed by atoms with Crippen molar-refractivity contribution >= 4 is 23.3 Å². The average Bonchev–Trinajstić information content (AvgIpc) is 3.19. The Hall–Kier alpha value is -3.19. The minimum Gasteiger partial charge on any atom is -0.355 e. The molecular formula is C24H25N5OS. The molecule has 6 nitrogen and oxygen atoms in total. The highest BCUT2D eigenvalue weighted by Gasteiger charge is 2.15. The molecule has 0 aliphatic heterocycles. The third kappa shape index (κ3) is 5.11. The third-order valence-electron chi connectivity index (χ3n) is 5.15. The minimum atomic E-state index is -0.0145. The number of carbonyl (C=O) groups is 1. The summed E-state index contributed by atoms with van der Waals surface area (Å²) in [6, 6.07) is 22.7. The van der Waals surface area contributed by atoms with Crippen molar-refractivity contribution in [3.63, 3.8) is 0 Å². The van der Waals surface area contributed by atoms with Crippen LogP contribution < -0.4 is 5.32 Å². The van der Waals surface area contributed by atoms with E-state index >= 15 is 0 Å². The number of fused-ring (bicyclic) bond motifs is 1. The topological polar surface area (TPSA) is 72.2 Å². The summed E-state index contributed by atoms with van der Waals surface area (Å²) in [6.45, 7) is 4.45. The first-order valence-electron chi connectivity index (χ1n) is 10.3. The van der Waals surface area contributed by atoms with E-state index in [-0.39, 0.29) is 17.6 Å². The van der Waals surface area contributed by atoms with Gasteiger partial charge < -0.3 is 5.32 Å². The van der Waals surface area contributed by atoms with E-state index in [0.717, 1.165) is 23.6 Å². The monoisotopic (exact) mass is 431 g/mol. The van der Waals surface area contributed by atoms with E-state index in [4.69, 9.17) is 0 Å². The minimum absolute atomic E-state index is 0.0145. The number of rotatable bonds is 8. The smallest absolute Gasteiger partial charge is 0.230 e. The van der Waals surface area contributed by atoms with E-state index in [2.05, 4.69) is 69.0 Å². The molecule has 2 aromatic heterocycles. The number of hydrogen-bond donors (Lipinski definition) is 1. The molecular weight excluding hydrogens is 406 g/mol. The van der Waals surface area contributed by atoms with Gasteiger partial charge in [0.2, 0.25) is 5.91 Å². The second-order valence-corrected chi connectivity index (χ2v) is 8.36. The van der Waals surface area contributed by atoms with Crippen LogP contribution >= 0.6 is 11.8 Å². The number of nitrogens with one attached hydrogen (secondary N) is 1. The van der Waals surface area contributed by atoms with Crippen molar-refractivity contribution in [2.45, 2.75) is 31.3 Å². The molecule has 1 N–H and O–H groups in total. The van der Waals surface area contributed by atoms with Crippen LogP contribution in [0.4, 0.5) is 0 Å². The lowest BCUT2D eigenvalue weighted by Gasteiger charge is -2.18. The lowest BCUT2D eigenvalue weighted by molar-refractivity contribution is -0.118. The van der Waals surface area contributed by atoms with Gasteiger partial charge >= 0.3 is 0 Å². The number of thioether (sulfide) groups is 1. The molecule has 0 saturated carbocycles. The van der Waals surface area contributed by atoms with Crippen molar-refractivity contribution in [3.05, 3.63) is 89.4 Å². The largest absolute Gasteiger partial charge is 0.355 e. The molecule has 0 unspecified atom stereocenters. The zero-order valence-electron chi connectivity index (χ0n) is 17.7. The molecule has 31 heavy (non-hydrogen) atoms. The Kier molecular flexibility index (Phi) is 6.62. The molecule has 158 valence electrons. The van der Waals surface area contributed by atoms with E-state index in [1.165, 1.54) is 22.9 Å². The summed E-state index contributed by atoms with van der Waals surface area (Å²) in [7, 11) is 0. The number of carbonyl (C=O) groups excluding carboxylic acids is 1. The molecule has 0 radical (unpaired) electrons. The zero-order valence-corrected chi connectivity index (χ0v) is 18.5. The van der Waals surface area contributed by atoms with Crippen LogP contribution in [-0.4, -0.2) is 37.8 Å². The molecule has 0 fully saturated rings. The van der Waals surface area contributed by atoms with Crippen LogP contribution in [0.1, 0.15) is 35.0 Å². The van der Waals surface area contributed by atoms with Gasteiger partial charge in [0, 0.05) is 24.2 Å². The molecule has 0 aliphatic rings. The van der Waals surface area contributed by atoms with Gasteiger partial charge in [0.15, 0.2) is 10.8 Å². The molecule has 2 heterocycles. The molecule has 2 aromatic carbocycles. The Morgan fingerprint density at radius 3 is 2.29 bits per heavy atom. The maximum atomic E-state index is 12.5. The van der Waals surface area contributed by atoms with Gasteiger partial charge in [-0.1, -0.05) is 72.4 Å². The van der Waals surface area contributed by atoms with Gasteiger partial charge in [-0.05, 0) is 31.4 Å². The van der Waals surface area contributed by atoms with Gasteiger partial charge in [-0.15, -0.1) is 10.2 Å². The predicted molar refractivity (Wildman–Crippen MR) is 123 cm³/mol. The van der Waals surface area contributed by atoms with Crippen molar-refractivity contribution in [1.29, 1.82) is 0 Å². The van der Waals surface area contributed by atoms with Crippen molar-refractivity contribution in [3.8, 4) is 0 Å². The molecule has 4 aromatic rings. The molecule has 0 spiro atoms. The maximum Gasteiger partial charge on any atom is 0.230 e. The Morgan fingerprint density at radius 1 is 1.00 bits per heavy atom. The maximum absolute atomic E-state index is 12.5. The summed E-state index contributed by atoms with van der Waals surface area (Å²) in [6.07, 6.45) is 0.834. The van der Waals surface area contributed by atoms with Gasteiger partial charge in [0.1, 0.15) is 5.82 Å². The SMILES string of the molecule is Cc1cc2nnc(SCC(=O)NCCC(c3ccccc3)c3ccccc3)n2c(C)n1. The van der Waals surface area contributed by atoms with Crippen LogP contribution in [0.3, 0.4) is 0 Å². The van der Waals surface area contributed by atoms with Crippen LogP contribution in [-0.2, 0) is 4.79 Å². The van der Waals surface area contributed by atoms with E-state index in [9.17, 15) is 4.79 Å². The molecule has 4 rings (SSSR count). The lowest BCUT2D eigenvalue weighted by atomic mass is 9.88. The number of nitrogens with zero attached hydrogens (tertiary/aromatic N) is 4. The molecule has 0 bridgehead atoms. The van der Waals surface area contributed by atoms with Crippen molar-refractivity contribution in [1.82, 2.24) is 24.9 Å². The molecule has 0 atom stereocenters. The second-order valence-electron chi connectivity index (χ2n) is 7.42. The van der Waals surface area contributed by atoms with Gasteiger partial charge in [-0.2, -0.15) is 0 Å². The van der Waals surface area contributed by atoms with Crippen LogP contribution in [0.25, 0.3) is 5.65 Å². The highest BCUT2D eigenvalue weighted by Crippen LogP contribution is 2.27. The number of hydrogen-bond acceptors (Lipinski definition) is 5. The van der Waals surface area contributed by atoms with E-state index in [1.54, 1.807) is 0 Å². The number of aromatic nitrogens is 4. The van der Waals surface area contributed by atoms with Gasteiger partial charge in [0.25, 0.3) is 0 Å². The number of amides is 1. The predicted octanol–water partition coefficient (Wildman–Crippen LogP) is 4.17. The first-order valence-corrected chi connectivity index (χ1v) is 11.3. The van der Waals surface area contributed by atoms with Crippen LogP contribution in [0.2, 0.25) is 0 Å². The second kappa shape index (κ2) is 9.75. The normalized spacial score (nSPS) is 11.2. The lowest BCUT2D eigenvalue weighted by Crippen LogP contribution is -2.27. The van der Waals surface area contributed by atoms with Crippen molar-refractivity contribution in [2.75, 3.05) is 12.3 Å². The van der Waals surface area contributed by atoms with Gasteiger partial charge in [0.05, 0.1) is 5.75 Å². The van der Waals surface area contributed by atoms with Crippen molar-refractivity contribution in [2.24, 2.45) is 0 Å². The Labute approximate surface area is 186 Å². The summed E-state index contributed by atoms with van der Waals surface area (Å²) in [5.74, 6) is 1.33. The fourth-order valence-electron chi connectivity index (χ4n) is 3.73. The fourth-order valence-corrected chi connectivity index (χ4v) is 4.55. The average molecular weight is 432 g/mol. The van der Waals surface area contributed by atoms with Gasteiger partial charge in [-0.3, -0.25) is 9.20 Å². The van der Waals surface area contributed by atoms with Gasteiger partial charge in [-0.25, -0.2) is 4.98 Å². The first kappa shape index (κ1) is 21.1. The quantitative estimate of drug-likeness (QED) is 0.424. The molecule has 1 amide bonds. The fraction of sp³-hybridized carbons (Fsp3) is 0.250. The summed E-state index contributed by atoms with van der Waals surface area (Å²) < 4.78 is 1.88. The van der Waals surface area contributed by atoms with E-state index in [1.807, 2.05) is 36.4 Å². The summed E-state index contributed by atoms with van der Waals surface area (Å²) in [5, 5.41) is 12.1. The number of benzene rings is 2. The van der Waals surface area contributed by atoms with E-state index in [0.29, 0.717) is 11.7 Å². The zero-order chi connectivity index (χ0) is 21.6. The summed E-state index contributed by atoms with van der Waals surface area (Å²) in [5.41, 5.74) is 4.16. The standard InChI is InChI=1S/C24H25N5OS/c1-17-15-22-27-28-24(29(22)18(2)26-17)31-16-23(30)25-14-13-21(19-9-5-3-6-10-19)20-11-7-4-8-12-20/h3-12,15,21H,13-14,16H2,1-2H3,(H,25,30). The molecule has 0 saturated heterocycles. The Morgan fingerprint density at radius 2 is 1.65 bits per heavy atom. The summed E-state index contributed by atoms with van der Waals surface area (Å²) >= 11 is 1.37. The Balaban J connectivity index is 1.35. The van der Waals surface area contributed by atoms with E-state index < -0.39 is 0 Å². The molecule has 7 heteroatoms. The number of aryl methyl sites for hydroxylation is 2. The first-order chi connectivity index (χ1) is 15.1. The van der Waals surface area contributed by atoms with Crippen LogP contribution in [0, 0.1) is 13.8 Å². The highest BCUT2D eigenvalue weighted by atomic mass is 32.2.